The Morgan fingerprint density at radius 1 is 0.895 bits per heavy atom. The van der Waals surface area contributed by atoms with E-state index in [1.165, 1.54) is 28.0 Å². The van der Waals surface area contributed by atoms with E-state index in [4.69, 9.17) is 18.9 Å². The molecule has 0 saturated heterocycles. The molecule has 1 N–H and O–H groups in total. The molecule has 2 amide bonds. The molecule has 2 aromatic heterocycles. The van der Waals surface area contributed by atoms with Crippen LogP contribution in [0.4, 0.5) is 21.1 Å². The molecule has 0 aliphatic heterocycles. The summed E-state index contributed by atoms with van der Waals surface area (Å²) >= 11 is 0. The van der Waals surface area contributed by atoms with Gasteiger partial charge in [0.15, 0.2) is 14.0 Å². The van der Waals surface area contributed by atoms with Crippen LogP contribution < -0.4 is 9.62 Å². The second-order valence-electron chi connectivity index (χ2n) is 17.1. The minimum absolute atomic E-state index is 0.0150. The number of fused-ring (bicyclic) bond motifs is 1. The molecule has 2 aromatic carbocycles. The van der Waals surface area contributed by atoms with E-state index in [0.717, 1.165) is 6.07 Å². The normalized spacial score (nSPS) is 12.7. The van der Waals surface area contributed by atoms with Crippen LogP contribution in [0, 0.1) is 10.1 Å². The van der Waals surface area contributed by atoms with Crippen LogP contribution in [0.2, 0.25) is 18.1 Å². The van der Waals surface area contributed by atoms with Gasteiger partial charge in [0.05, 0.1) is 22.6 Å². The fraction of sp³-hybridized carbons (Fsp3) is 0.487. The summed E-state index contributed by atoms with van der Waals surface area (Å²) in [4.78, 5) is 45.3. The van der Waals surface area contributed by atoms with Gasteiger partial charge in [0.25, 0.3) is 5.69 Å². The first-order chi connectivity index (χ1) is 26.3. The van der Waals surface area contributed by atoms with Gasteiger partial charge in [-0.1, -0.05) is 45.0 Å². The average molecular weight is 826 g/mol. The number of aromatic nitrogens is 3. The number of nitro groups is 1. The lowest BCUT2D eigenvalue weighted by Crippen LogP contribution is -2.47. The van der Waals surface area contributed by atoms with E-state index < -0.39 is 46.7 Å². The van der Waals surface area contributed by atoms with E-state index in [1.54, 1.807) is 82.7 Å². The summed E-state index contributed by atoms with van der Waals surface area (Å²) in [5, 5.41) is 15.6. The van der Waals surface area contributed by atoms with Crippen LogP contribution >= 0.6 is 0 Å². The maximum atomic E-state index is 13.8. The van der Waals surface area contributed by atoms with Crippen molar-refractivity contribution in [2.75, 3.05) is 31.1 Å². The van der Waals surface area contributed by atoms with Crippen molar-refractivity contribution in [1.29, 1.82) is 0 Å². The van der Waals surface area contributed by atoms with Crippen molar-refractivity contribution in [2.45, 2.75) is 103 Å². The molecule has 0 saturated carbocycles. The Morgan fingerprint density at radius 2 is 1.54 bits per heavy atom. The second-order valence-corrected chi connectivity index (χ2v) is 23.7. The number of nitrogens with one attached hydrogen (secondary N) is 1. The fourth-order valence-corrected chi connectivity index (χ4v) is 7.27. The first-order valence-corrected chi connectivity index (χ1v) is 23.0. The minimum Gasteiger partial charge on any atom is -0.444 e. The fourth-order valence-electron chi connectivity index (χ4n) is 5.17. The van der Waals surface area contributed by atoms with E-state index in [9.17, 15) is 28.1 Å². The summed E-state index contributed by atoms with van der Waals surface area (Å²) in [6.07, 6.45) is 2.07. The van der Waals surface area contributed by atoms with Crippen molar-refractivity contribution in [2.24, 2.45) is 0 Å². The molecular formula is C39H55N7O9SSi. The maximum absolute atomic E-state index is 13.8. The lowest BCUT2D eigenvalue weighted by Gasteiger charge is -2.37. The van der Waals surface area contributed by atoms with Crippen molar-refractivity contribution in [3.63, 3.8) is 0 Å². The molecule has 0 radical (unpaired) electrons. The monoisotopic (exact) mass is 825 g/mol. The molecule has 4 rings (SSSR count). The molecule has 0 aliphatic rings. The Bertz CT molecular complexity index is 2190. The first-order valence-electron chi connectivity index (χ1n) is 18.6. The van der Waals surface area contributed by atoms with Gasteiger partial charge in [0, 0.05) is 50.1 Å². The first kappa shape index (κ1) is 44.8. The van der Waals surface area contributed by atoms with Gasteiger partial charge in [-0.25, -0.2) is 32.2 Å². The Morgan fingerprint density at radius 3 is 2.18 bits per heavy atom. The van der Waals surface area contributed by atoms with E-state index in [2.05, 4.69) is 43.7 Å². The highest BCUT2D eigenvalue weighted by atomic mass is 32.2. The van der Waals surface area contributed by atoms with Gasteiger partial charge in [-0.2, -0.15) is 5.10 Å². The number of hydrogen-bond acceptors (Lipinski definition) is 11. The molecule has 0 unspecified atom stereocenters. The quantitative estimate of drug-likeness (QED) is 0.0743. The predicted molar refractivity (Wildman–Crippen MR) is 220 cm³/mol. The van der Waals surface area contributed by atoms with Gasteiger partial charge in [-0.15, -0.1) is 0 Å². The van der Waals surface area contributed by atoms with Crippen molar-refractivity contribution in [3.8, 4) is 11.1 Å². The molecular weight excluding hydrogens is 771 g/mol. The van der Waals surface area contributed by atoms with Crippen molar-refractivity contribution < 1.29 is 36.8 Å². The van der Waals surface area contributed by atoms with Crippen LogP contribution in [0.5, 0.6) is 0 Å². The predicted octanol–water partition coefficient (Wildman–Crippen LogP) is 7.78. The number of amides is 2. The lowest BCUT2D eigenvalue weighted by molar-refractivity contribution is -0.385. The van der Waals surface area contributed by atoms with Crippen LogP contribution in [0.3, 0.4) is 0 Å². The molecule has 0 spiro atoms. The van der Waals surface area contributed by atoms with E-state index in [1.807, 2.05) is 6.07 Å². The van der Waals surface area contributed by atoms with E-state index in [-0.39, 0.29) is 47.6 Å². The molecule has 18 heteroatoms. The number of carbonyl (C=O) groups is 2. The number of carbonyl (C=O) groups excluding carboxylic acids is 2. The SMILES string of the molecule is CC(C)(C)OC(=O)N(CCO[Si](C)(C)C(C)(C)C)CCN(C(=O)OC(C)(C)C)c1ccn2ncc(-c3cccc(CNS(=O)(=O)c4cccc([N+](=O)[O-])c4)c3)c2n1. The van der Waals surface area contributed by atoms with Crippen LogP contribution in [-0.2, 0) is 30.5 Å². The Kier molecular flexibility index (Phi) is 13.6. The van der Waals surface area contributed by atoms with Crippen molar-refractivity contribution in [1.82, 2.24) is 24.2 Å². The molecule has 4 aromatic rings. The topological polar surface area (TPSA) is 188 Å². The van der Waals surface area contributed by atoms with Gasteiger partial charge in [0.2, 0.25) is 10.0 Å². The van der Waals surface area contributed by atoms with Gasteiger partial charge >= 0.3 is 12.2 Å². The zero-order chi connectivity index (χ0) is 42.6. The number of hydrogen-bond donors (Lipinski definition) is 1. The van der Waals surface area contributed by atoms with Gasteiger partial charge < -0.3 is 18.8 Å². The van der Waals surface area contributed by atoms with Crippen LogP contribution in [0.15, 0.2) is 71.9 Å². The summed E-state index contributed by atoms with van der Waals surface area (Å²) in [5.41, 5.74) is 0.357. The number of nitro benzene ring substituents is 1. The van der Waals surface area contributed by atoms with Gasteiger partial charge in [0.1, 0.15) is 17.0 Å². The molecule has 0 atom stereocenters. The summed E-state index contributed by atoms with van der Waals surface area (Å²) < 4.78 is 48.0. The van der Waals surface area contributed by atoms with Crippen LogP contribution in [0.25, 0.3) is 16.8 Å². The third kappa shape index (κ3) is 12.3. The summed E-state index contributed by atoms with van der Waals surface area (Å²) in [5.74, 6) is 0.251. The molecule has 16 nitrogen and oxygen atoms in total. The molecule has 57 heavy (non-hydrogen) atoms. The van der Waals surface area contributed by atoms with Crippen LogP contribution in [0.1, 0.15) is 67.9 Å². The van der Waals surface area contributed by atoms with Gasteiger partial charge in [-0.05, 0) is 89.0 Å². The Labute approximate surface area is 335 Å². The van der Waals surface area contributed by atoms with Gasteiger partial charge in [-0.3, -0.25) is 15.0 Å². The van der Waals surface area contributed by atoms with E-state index >= 15 is 0 Å². The number of sulfonamides is 1. The van der Waals surface area contributed by atoms with Crippen molar-refractivity contribution >= 4 is 47.7 Å². The zero-order valence-corrected chi connectivity index (χ0v) is 36.5. The molecule has 310 valence electrons. The lowest BCUT2D eigenvalue weighted by atomic mass is 10.1. The number of non-ortho nitro benzene ring substituents is 1. The number of ether oxygens (including phenoxy) is 2. The maximum Gasteiger partial charge on any atom is 0.416 e. The smallest absolute Gasteiger partial charge is 0.416 e. The zero-order valence-electron chi connectivity index (χ0n) is 34.7. The third-order valence-electron chi connectivity index (χ3n) is 9.16. The largest absolute Gasteiger partial charge is 0.444 e. The van der Waals surface area contributed by atoms with Crippen LogP contribution in [-0.4, -0.2) is 90.8 Å². The Balaban J connectivity index is 1.63. The standard InChI is InChI=1S/C39H55N7O9SSi/c1-37(2,3)54-35(47)43(22-23-53-57(10,11)39(7,8)9)20-21-44(36(48)55-38(4,5)6)33-18-19-45-34(42-33)32(27-40-45)29-15-12-14-28(24-29)26-41-56(51,52)31-17-13-16-30(25-31)46(49)50/h12-19,24-25,27,41H,20-23,26H2,1-11H3. The number of anilines is 1. The highest BCUT2D eigenvalue weighted by Gasteiger charge is 2.37. The number of benzene rings is 2. The Hall–Kier alpha value is -4.91. The third-order valence-corrected chi connectivity index (χ3v) is 15.1. The number of rotatable bonds is 14. The summed E-state index contributed by atoms with van der Waals surface area (Å²) in [7, 11) is -6.18. The molecule has 2 heterocycles. The highest BCUT2D eigenvalue weighted by Crippen LogP contribution is 2.36. The molecule has 0 bridgehead atoms. The van der Waals surface area contributed by atoms with Crippen molar-refractivity contribution in [3.05, 3.63) is 82.7 Å². The molecule has 0 aliphatic carbocycles. The molecule has 0 fully saturated rings. The minimum atomic E-state index is -4.07. The summed E-state index contributed by atoms with van der Waals surface area (Å²) in [6, 6.07) is 13.5. The second kappa shape index (κ2) is 17.3. The summed E-state index contributed by atoms with van der Waals surface area (Å²) in [6.45, 7) is 21.9. The number of nitrogens with zero attached hydrogens (tertiary/aromatic N) is 6. The van der Waals surface area contributed by atoms with E-state index in [0.29, 0.717) is 28.9 Å². The highest BCUT2D eigenvalue weighted by molar-refractivity contribution is 7.89. The average Bonchev–Trinajstić information content (AvgIpc) is 3.52.